The van der Waals surface area contributed by atoms with Crippen molar-refractivity contribution in [1.29, 1.82) is 0 Å². The zero-order chi connectivity index (χ0) is 17.8. The Balaban J connectivity index is 3.15. The van der Waals surface area contributed by atoms with Gasteiger partial charge in [0.1, 0.15) is 5.92 Å². The van der Waals surface area contributed by atoms with Gasteiger partial charge in [0, 0.05) is 0 Å². The van der Waals surface area contributed by atoms with Crippen molar-refractivity contribution in [3.63, 3.8) is 0 Å². The number of carbonyl (C=O) groups is 3. The molecular weight excluding hydrogens is 332 g/mol. The molecule has 1 aromatic rings. The lowest BCUT2D eigenvalue weighted by Crippen LogP contribution is -2.40. The van der Waals surface area contributed by atoms with Crippen LogP contribution in [0.5, 0.6) is 0 Å². The smallest absolute Gasteiger partial charge is 0.335 e. The first-order chi connectivity index (χ1) is 10.5. The van der Waals surface area contributed by atoms with Crippen molar-refractivity contribution in [2.24, 2.45) is 5.92 Å². The van der Waals surface area contributed by atoms with Crippen molar-refractivity contribution in [2.45, 2.75) is 24.3 Å². The van der Waals surface area contributed by atoms with E-state index in [9.17, 15) is 22.8 Å². The number of hydrogen-bond donors (Lipinski definition) is 3. The lowest BCUT2D eigenvalue weighted by molar-refractivity contribution is -0.160. The summed E-state index contributed by atoms with van der Waals surface area (Å²) in [6.45, 7) is 1.70. The molecule has 0 aromatic heterocycles. The van der Waals surface area contributed by atoms with E-state index in [1.54, 1.807) is 6.92 Å². The Labute approximate surface area is 131 Å². The molecule has 0 aliphatic rings. The van der Waals surface area contributed by atoms with Gasteiger partial charge in [-0.3, -0.25) is 13.8 Å². The van der Waals surface area contributed by atoms with Crippen molar-refractivity contribution < 1.29 is 42.3 Å². The van der Waals surface area contributed by atoms with Gasteiger partial charge in [-0.1, -0.05) is 17.7 Å². The number of hydrogen-bond acceptors (Lipinski definition) is 6. The van der Waals surface area contributed by atoms with Crippen molar-refractivity contribution in [3.05, 3.63) is 29.8 Å². The molecule has 0 amide bonds. The molecule has 1 rings (SSSR count). The summed E-state index contributed by atoms with van der Waals surface area (Å²) >= 11 is 0. The van der Waals surface area contributed by atoms with Gasteiger partial charge in [-0.25, -0.2) is 4.79 Å². The van der Waals surface area contributed by atoms with Gasteiger partial charge in [-0.15, -0.1) is 0 Å². The molecular formula is C13H14O9S. The third-order valence-electron chi connectivity index (χ3n) is 2.86. The van der Waals surface area contributed by atoms with E-state index >= 15 is 0 Å². The Morgan fingerprint density at radius 2 is 1.57 bits per heavy atom. The first-order valence-electron chi connectivity index (χ1n) is 6.22. The molecule has 10 heteroatoms. The average molecular weight is 346 g/mol. The lowest BCUT2D eigenvalue weighted by atomic mass is 9.99. The van der Waals surface area contributed by atoms with Crippen LogP contribution < -0.4 is 0 Å². The highest BCUT2D eigenvalue weighted by Crippen LogP contribution is 2.21. The van der Waals surface area contributed by atoms with Crippen LogP contribution in [0.3, 0.4) is 0 Å². The van der Waals surface area contributed by atoms with E-state index in [0.29, 0.717) is 0 Å². The summed E-state index contributed by atoms with van der Waals surface area (Å²) in [6.07, 6.45) is -3.47. The fourth-order valence-electron chi connectivity index (χ4n) is 1.69. The van der Waals surface area contributed by atoms with E-state index in [2.05, 4.69) is 4.18 Å². The van der Waals surface area contributed by atoms with Crippen LogP contribution in [0.2, 0.25) is 0 Å². The fourth-order valence-corrected chi connectivity index (χ4v) is 2.76. The first-order valence-corrected chi connectivity index (χ1v) is 7.63. The zero-order valence-electron chi connectivity index (χ0n) is 11.9. The largest absolute Gasteiger partial charge is 0.481 e. The third-order valence-corrected chi connectivity index (χ3v) is 4.17. The van der Waals surface area contributed by atoms with E-state index < -0.39 is 46.5 Å². The number of carboxylic acids is 3. The fraction of sp³-hybridized carbons (Fsp3) is 0.308. The van der Waals surface area contributed by atoms with Crippen molar-refractivity contribution >= 4 is 28.0 Å². The molecule has 1 aromatic carbocycles. The summed E-state index contributed by atoms with van der Waals surface area (Å²) in [7, 11) is -4.57. The molecule has 0 saturated carbocycles. The molecule has 0 heterocycles. The Morgan fingerprint density at radius 3 is 1.96 bits per heavy atom. The minimum atomic E-state index is -4.57. The molecule has 126 valence electrons. The maximum Gasteiger partial charge on any atom is 0.335 e. The van der Waals surface area contributed by atoms with Gasteiger partial charge in [0.25, 0.3) is 10.1 Å². The molecule has 9 nitrogen and oxygen atoms in total. The van der Waals surface area contributed by atoms with E-state index in [-0.39, 0.29) is 4.90 Å². The monoisotopic (exact) mass is 346 g/mol. The first kappa shape index (κ1) is 18.6. The normalized spacial score (nSPS) is 14.0. The Bertz CT molecular complexity index is 705. The Kier molecular flexibility index (Phi) is 5.82. The number of benzene rings is 1. The molecule has 0 aliphatic carbocycles. The molecule has 0 fully saturated rings. The van der Waals surface area contributed by atoms with E-state index in [4.69, 9.17) is 15.3 Å². The lowest BCUT2D eigenvalue weighted by Gasteiger charge is -2.19. The average Bonchev–Trinajstić information content (AvgIpc) is 2.42. The quantitative estimate of drug-likeness (QED) is 0.564. The molecule has 0 bridgehead atoms. The van der Waals surface area contributed by atoms with Crippen LogP contribution in [-0.4, -0.2) is 47.7 Å². The second kappa shape index (κ2) is 7.20. The maximum absolute atomic E-state index is 12.0. The third kappa shape index (κ3) is 5.04. The van der Waals surface area contributed by atoms with E-state index in [0.717, 1.165) is 17.7 Å². The second-order valence-corrected chi connectivity index (χ2v) is 6.24. The summed E-state index contributed by atoms with van der Waals surface area (Å²) in [5.41, 5.74) is 0.744. The minimum absolute atomic E-state index is 0.367. The SMILES string of the molecule is Cc1ccc(S(=O)(=O)OC(C(=O)O)C(CC(=O)O)C(=O)O)cc1. The highest BCUT2D eigenvalue weighted by atomic mass is 32.2. The topological polar surface area (TPSA) is 155 Å². The van der Waals surface area contributed by atoms with Crippen LogP contribution >= 0.6 is 0 Å². The summed E-state index contributed by atoms with van der Waals surface area (Å²) in [5.74, 6) is -7.35. The predicted molar refractivity (Wildman–Crippen MR) is 74.3 cm³/mol. The van der Waals surface area contributed by atoms with Crippen molar-refractivity contribution in [3.8, 4) is 0 Å². The van der Waals surface area contributed by atoms with Crippen molar-refractivity contribution in [1.82, 2.24) is 0 Å². The van der Waals surface area contributed by atoms with Gasteiger partial charge in [-0.2, -0.15) is 8.42 Å². The molecule has 2 unspecified atom stereocenters. The van der Waals surface area contributed by atoms with Gasteiger partial charge >= 0.3 is 17.9 Å². The Hall–Kier alpha value is -2.46. The van der Waals surface area contributed by atoms with Crippen LogP contribution in [0.25, 0.3) is 0 Å². The molecule has 3 N–H and O–H groups in total. The molecule has 0 aliphatic heterocycles. The van der Waals surface area contributed by atoms with Gasteiger partial charge in [0.15, 0.2) is 6.10 Å². The number of aliphatic carboxylic acids is 3. The van der Waals surface area contributed by atoms with Crippen LogP contribution in [0.1, 0.15) is 12.0 Å². The highest BCUT2D eigenvalue weighted by Gasteiger charge is 2.40. The number of carboxylic acid groups (broad SMARTS) is 3. The predicted octanol–water partition coefficient (Wildman–Crippen LogP) is 0.329. The van der Waals surface area contributed by atoms with Crippen molar-refractivity contribution in [2.75, 3.05) is 0 Å². The van der Waals surface area contributed by atoms with E-state index in [1.165, 1.54) is 12.1 Å². The zero-order valence-corrected chi connectivity index (χ0v) is 12.7. The second-order valence-electron chi connectivity index (χ2n) is 4.66. The summed E-state index contributed by atoms with van der Waals surface area (Å²) in [5, 5.41) is 26.6. The van der Waals surface area contributed by atoms with Crippen LogP contribution in [-0.2, 0) is 28.7 Å². The summed E-state index contributed by atoms with van der Waals surface area (Å²) < 4.78 is 28.6. The molecule has 2 atom stereocenters. The maximum atomic E-state index is 12.0. The van der Waals surface area contributed by atoms with Gasteiger partial charge in [0.2, 0.25) is 0 Å². The molecule has 0 spiro atoms. The standard InChI is InChI=1S/C13H14O9S/c1-7-2-4-8(5-3-7)23(20,21)22-11(13(18)19)9(12(16)17)6-10(14)15/h2-5,9,11H,6H2,1H3,(H,14,15)(H,16,17)(H,18,19). The summed E-state index contributed by atoms with van der Waals surface area (Å²) in [4.78, 5) is 32.5. The van der Waals surface area contributed by atoms with Crippen LogP contribution in [0.15, 0.2) is 29.2 Å². The van der Waals surface area contributed by atoms with Gasteiger partial charge < -0.3 is 15.3 Å². The summed E-state index contributed by atoms with van der Waals surface area (Å²) in [6, 6.07) is 5.21. The molecule has 23 heavy (non-hydrogen) atoms. The molecule has 0 radical (unpaired) electrons. The minimum Gasteiger partial charge on any atom is -0.481 e. The number of aryl methyl sites for hydroxylation is 1. The van der Waals surface area contributed by atoms with E-state index in [1.807, 2.05) is 0 Å². The van der Waals surface area contributed by atoms with Gasteiger partial charge in [-0.05, 0) is 19.1 Å². The molecule has 0 saturated heterocycles. The van der Waals surface area contributed by atoms with Crippen LogP contribution in [0, 0.1) is 12.8 Å². The number of rotatable bonds is 8. The highest BCUT2D eigenvalue weighted by molar-refractivity contribution is 7.86. The Morgan fingerprint density at radius 1 is 1.04 bits per heavy atom. The van der Waals surface area contributed by atoms with Gasteiger partial charge in [0.05, 0.1) is 11.3 Å². The van der Waals surface area contributed by atoms with Crippen LogP contribution in [0.4, 0.5) is 0 Å².